The van der Waals surface area contributed by atoms with Crippen molar-refractivity contribution in [1.82, 2.24) is 24.3 Å². The van der Waals surface area contributed by atoms with E-state index in [0.717, 1.165) is 34.0 Å². The summed E-state index contributed by atoms with van der Waals surface area (Å²) in [6.45, 7) is 18.0. The maximum atomic E-state index is 11.3. The van der Waals surface area contributed by atoms with Gasteiger partial charge in [0.25, 0.3) is 0 Å². The Morgan fingerprint density at radius 3 is 1.41 bits per heavy atom. The van der Waals surface area contributed by atoms with Crippen molar-refractivity contribution in [3.05, 3.63) is 168 Å². The number of benzene rings is 6. The van der Waals surface area contributed by atoms with Crippen molar-refractivity contribution in [1.29, 1.82) is 0 Å². The molecule has 0 aliphatic heterocycles. The zero-order valence-corrected chi connectivity index (χ0v) is 35.3. The van der Waals surface area contributed by atoms with E-state index in [1.165, 1.54) is 44.5 Å². The highest BCUT2D eigenvalue weighted by Crippen LogP contribution is 2.42. The van der Waals surface area contributed by atoms with Gasteiger partial charge in [0.1, 0.15) is 17.9 Å². The number of aromatic nitrogens is 5. The van der Waals surface area contributed by atoms with E-state index in [4.69, 9.17) is 10.1 Å². The molecule has 8 aromatic rings. The maximum Gasteiger partial charge on any atom is 0.168 e. The van der Waals surface area contributed by atoms with E-state index in [0.29, 0.717) is 11.4 Å². The summed E-state index contributed by atoms with van der Waals surface area (Å²) in [4.78, 5) is 5.35. The molecule has 0 aliphatic carbocycles. The Morgan fingerprint density at radius 2 is 0.898 bits per heavy atom. The van der Waals surface area contributed by atoms with Gasteiger partial charge in [-0.3, -0.25) is 9.13 Å². The van der Waals surface area contributed by atoms with Crippen molar-refractivity contribution in [2.24, 2.45) is 0 Å². The third-order valence-electron chi connectivity index (χ3n) is 11.3. The molecule has 0 aliphatic rings. The quantitative estimate of drug-likeness (QED) is 0.142. The van der Waals surface area contributed by atoms with Crippen LogP contribution in [0.25, 0.3) is 67.7 Å². The molecule has 8 rings (SSSR count). The van der Waals surface area contributed by atoms with Crippen LogP contribution in [-0.2, 0) is 0 Å². The van der Waals surface area contributed by atoms with Crippen LogP contribution < -0.4 is 0 Å². The smallest absolute Gasteiger partial charge is 0.168 e. The molecule has 6 aromatic carbocycles. The zero-order chi connectivity index (χ0) is 41.4. The standard InChI is InChI=1S/C53H53N5O/c1-33(2)44-27-41(37-18-11-9-12-19-37)28-45(34(3)4)50(44)57-31-48(55-53(57)43-24-15-16-25-49(43)59)39-22-17-23-40(26-39)52-56-54-32-58(52)51-46(35(5)6)29-42(30-47(51)36(7)8)38-20-13-10-14-21-38/h9-36,59H,1-8H3. The largest absolute Gasteiger partial charge is 0.507 e. The Kier molecular flexibility index (Phi) is 10.9. The number of nitrogens with zero attached hydrogens (tertiary/aromatic N) is 5. The summed E-state index contributed by atoms with van der Waals surface area (Å²) < 4.78 is 4.37. The second-order valence-electron chi connectivity index (χ2n) is 16.8. The third kappa shape index (κ3) is 7.63. The third-order valence-corrected chi connectivity index (χ3v) is 11.3. The average Bonchev–Trinajstić information content (AvgIpc) is 3.92. The van der Waals surface area contributed by atoms with Crippen LogP contribution in [0.4, 0.5) is 0 Å². The number of hydrogen-bond donors (Lipinski definition) is 1. The maximum absolute atomic E-state index is 11.3. The Labute approximate surface area is 348 Å². The van der Waals surface area contributed by atoms with Crippen molar-refractivity contribution >= 4 is 0 Å². The summed E-state index contributed by atoms with van der Waals surface area (Å²) in [7, 11) is 0. The molecule has 0 unspecified atom stereocenters. The van der Waals surface area contributed by atoms with Crippen molar-refractivity contribution in [2.75, 3.05) is 0 Å². The van der Waals surface area contributed by atoms with Gasteiger partial charge in [-0.25, -0.2) is 4.98 Å². The van der Waals surface area contributed by atoms with Crippen LogP contribution in [0, 0.1) is 0 Å². The van der Waals surface area contributed by atoms with Crippen molar-refractivity contribution < 1.29 is 5.11 Å². The molecule has 59 heavy (non-hydrogen) atoms. The molecule has 2 aromatic heterocycles. The van der Waals surface area contributed by atoms with Gasteiger partial charge in [0.05, 0.1) is 22.6 Å². The highest BCUT2D eigenvalue weighted by atomic mass is 16.3. The summed E-state index contributed by atoms with van der Waals surface area (Å²) in [5.74, 6) is 2.60. The minimum absolute atomic E-state index is 0.186. The molecule has 296 valence electrons. The van der Waals surface area contributed by atoms with Gasteiger partial charge in [-0.1, -0.05) is 146 Å². The van der Waals surface area contributed by atoms with Crippen LogP contribution >= 0.6 is 0 Å². The second kappa shape index (κ2) is 16.4. The molecule has 0 amide bonds. The van der Waals surface area contributed by atoms with E-state index in [-0.39, 0.29) is 29.4 Å². The van der Waals surface area contributed by atoms with Gasteiger partial charge in [-0.2, -0.15) is 0 Å². The lowest BCUT2D eigenvalue weighted by Crippen LogP contribution is -2.09. The summed E-state index contributed by atoms with van der Waals surface area (Å²) >= 11 is 0. The van der Waals surface area contributed by atoms with Gasteiger partial charge in [0.2, 0.25) is 0 Å². The summed E-state index contributed by atoms with van der Waals surface area (Å²) in [5.41, 5.74) is 15.3. The van der Waals surface area contributed by atoms with E-state index in [2.05, 4.69) is 185 Å². The van der Waals surface area contributed by atoms with Crippen molar-refractivity contribution in [3.63, 3.8) is 0 Å². The number of phenols is 1. The number of para-hydroxylation sites is 1. The predicted molar refractivity (Wildman–Crippen MR) is 244 cm³/mol. The van der Waals surface area contributed by atoms with Crippen LogP contribution in [0.1, 0.15) is 101 Å². The molecule has 0 radical (unpaired) electrons. The fraction of sp³-hybridized carbons (Fsp3) is 0.226. The molecule has 6 nitrogen and oxygen atoms in total. The van der Waals surface area contributed by atoms with Crippen LogP contribution in [0.15, 0.2) is 146 Å². The number of rotatable bonds is 11. The highest BCUT2D eigenvalue weighted by molar-refractivity contribution is 5.77. The lowest BCUT2D eigenvalue weighted by atomic mass is 9.88. The lowest BCUT2D eigenvalue weighted by molar-refractivity contribution is 0.477. The van der Waals surface area contributed by atoms with Gasteiger partial charge < -0.3 is 5.11 Å². The van der Waals surface area contributed by atoms with Crippen LogP contribution in [-0.4, -0.2) is 29.4 Å². The molecule has 0 atom stereocenters. The summed E-state index contributed by atoms with van der Waals surface area (Å²) in [6.07, 6.45) is 3.99. The number of aromatic hydroxyl groups is 1. The normalized spacial score (nSPS) is 11.7. The first-order valence-corrected chi connectivity index (χ1v) is 20.9. The Bertz CT molecular complexity index is 2680. The summed E-state index contributed by atoms with van der Waals surface area (Å²) in [6, 6.07) is 46.4. The first kappa shape index (κ1) is 39.3. The number of phenolic OH excluding ortho intramolecular Hbond substituents is 1. The van der Waals surface area contributed by atoms with E-state index < -0.39 is 0 Å². The fourth-order valence-electron chi connectivity index (χ4n) is 8.23. The molecular weight excluding hydrogens is 723 g/mol. The molecule has 0 spiro atoms. The first-order chi connectivity index (χ1) is 28.5. The van der Waals surface area contributed by atoms with Crippen LogP contribution in [0.3, 0.4) is 0 Å². The van der Waals surface area contributed by atoms with E-state index in [1.54, 1.807) is 6.07 Å². The topological polar surface area (TPSA) is 68.8 Å². The molecule has 0 bridgehead atoms. The molecule has 0 saturated heterocycles. The minimum Gasteiger partial charge on any atom is -0.507 e. The number of imidazole rings is 1. The van der Waals surface area contributed by atoms with E-state index in [9.17, 15) is 5.11 Å². The Morgan fingerprint density at radius 1 is 0.441 bits per heavy atom. The highest BCUT2D eigenvalue weighted by Gasteiger charge is 2.25. The Hall–Kier alpha value is -6.53. The van der Waals surface area contributed by atoms with Gasteiger partial charge in [0.15, 0.2) is 5.82 Å². The minimum atomic E-state index is 0.186. The first-order valence-electron chi connectivity index (χ1n) is 20.9. The van der Waals surface area contributed by atoms with Gasteiger partial charge in [-0.15, -0.1) is 10.2 Å². The Balaban J connectivity index is 1.30. The van der Waals surface area contributed by atoms with Gasteiger partial charge in [-0.05, 0) is 111 Å². The van der Waals surface area contributed by atoms with Crippen molar-refractivity contribution in [3.8, 4) is 73.4 Å². The SMILES string of the molecule is CC(C)c1cc(-c2ccccc2)cc(C(C)C)c1-n1cnnc1-c1cccc(-c2cn(-c3c(C(C)C)cc(-c4ccccc4)cc3C(C)C)c(-c3ccccc3O)n2)c1. The molecule has 6 heteroatoms. The monoisotopic (exact) mass is 775 g/mol. The fourth-order valence-corrected chi connectivity index (χ4v) is 8.23. The second-order valence-corrected chi connectivity index (χ2v) is 16.8. The van der Waals surface area contributed by atoms with Gasteiger partial charge in [0, 0.05) is 17.3 Å². The zero-order valence-electron chi connectivity index (χ0n) is 35.3. The number of hydrogen-bond acceptors (Lipinski definition) is 4. The average molecular weight is 776 g/mol. The van der Waals surface area contributed by atoms with Crippen LogP contribution in [0.2, 0.25) is 0 Å². The van der Waals surface area contributed by atoms with E-state index in [1.807, 2.05) is 24.5 Å². The van der Waals surface area contributed by atoms with Gasteiger partial charge >= 0.3 is 0 Å². The summed E-state index contributed by atoms with van der Waals surface area (Å²) in [5, 5.41) is 20.6. The molecule has 1 N–H and O–H groups in total. The van der Waals surface area contributed by atoms with Crippen molar-refractivity contribution in [2.45, 2.75) is 79.1 Å². The lowest BCUT2D eigenvalue weighted by Gasteiger charge is -2.24. The predicted octanol–water partition coefficient (Wildman–Crippen LogP) is 14.0. The molecule has 2 heterocycles. The molecule has 0 fully saturated rings. The molecule has 0 saturated carbocycles. The van der Waals surface area contributed by atoms with E-state index >= 15 is 0 Å². The molecular formula is C53H53N5O. The van der Waals surface area contributed by atoms with Crippen LogP contribution in [0.5, 0.6) is 5.75 Å².